The summed E-state index contributed by atoms with van der Waals surface area (Å²) in [4.78, 5) is 29.5. The smallest absolute Gasteiger partial charge is 0.332 e. The first-order valence-corrected chi connectivity index (χ1v) is 11.1. The molecule has 0 bridgehead atoms. The largest absolute Gasteiger partial charge is 0.471 e. The third-order valence-corrected chi connectivity index (χ3v) is 6.81. The Morgan fingerprint density at radius 3 is 2.28 bits per heavy atom. The minimum Gasteiger partial charge on any atom is -0.471 e. The molecule has 0 spiro atoms. The zero-order chi connectivity index (χ0) is 21.0. The van der Waals surface area contributed by atoms with Crippen molar-refractivity contribution < 1.29 is 27.9 Å². The topological polar surface area (TPSA) is 135 Å². The highest BCUT2D eigenvalue weighted by Gasteiger charge is 2.45. The van der Waals surface area contributed by atoms with Gasteiger partial charge in [0, 0.05) is 11.4 Å². The van der Waals surface area contributed by atoms with Crippen LogP contribution in [0.25, 0.3) is 0 Å². The molecular formula is C19H23N3O6S. The number of fused-ring (bicyclic) bond motifs is 2. The van der Waals surface area contributed by atoms with E-state index < -0.39 is 32.9 Å². The van der Waals surface area contributed by atoms with Crippen molar-refractivity contribution in [3.63, 3.8) is 0 Å². The number of hydrogen-bond donors (Lipinski definition) is 3. The van der Waals surface area contributed by atoms with Gasteiger partial charge in [0.15, 0.2) is 0 Å². The number of sulfonamides is 1. The summed E-state index contributed by atoms with van der Waals surface area (Å²) < 4.78 is 31.9. The number of aliphatic hydroxyl groups is 1. The lowest BCUT2D eigenvalue weighted by Gasteiger charge is -2.18. The molecule has 4 rings (SSSR count). The molecule has 1 aliphatic heterocycles. The van der Waals surface area contributed by atoms with E-state index in [0.717, 1.165) is 67.3 Å². The lowest BCUT2D eigenvalue weighted by atomic mass is 9.97. The summed E-state index contributed by atoms with van der Waals surface area (Å²) in [5, 5.41) is 12.6. The van der Waals surface area contributed by atoms with Crippen molar-refractivity contribution in [1.29, 1.82) is 0 Å². The Balaban J connectivity index is 1.52. The van der Waals surface area contributed by atoms with Crippen LogP contribution in [0.1, 0.15) is 49.2 Å². The van der Waals surface area contributed by atoms with Gasteiger partial charge in [0.2, 0.25) is 5.78 Å². The van der Waals surface area contributed by atoms with Gasteiger partial charge in [-0.1, -0.05) is 0 Å². The molecule has 0 fully saturated rings. The van der Waals surface area contributed by atoms with Gasteiger partial charge in [-0.05, 0) is 63.5 Å². The van der Waals surface area contributed by atoms with Crippen LogP contribution in [0.15, 0.2) is 11.8 Å². The van der Waals surface area contributed by atoms with Crippen LogP contribution in [-0.2, 0) is 45.2 Å². The monoisotopic (exact) mass is 421 g/mol. The predicted octanol–water partition coefficient (Wildman–Crippen LogP) is 1.09. The van der Waals surface area contributed by atoms with Crippen molar-refractivity contribution in [2.75, 3.05) is 5.32 Å². The van der Waals surface area contributed by atoms with Crippen LogP contribution in [0.5, 0.6) is 0 Å². The molecule has 1 aromatic heterocycles. The Hall–Kier alpha value is -2.46. The molecular weight excluding hydrogens is 398 g/mol. The van der Waals surface area contributed by atoms with E-state index >= 15 is 0 Å². The van der Waals surface area contributed by atoms with Crippen molar-refractivity contribution in [3.05, 3.63) is 34.3 Å². The molecule has 0 saturated heterocycles. The van der Waals surface area contributed by atoms with E-state index in [1.54, 1.807) is 0 Å². The van der Waals surface area contributed by atoms with Crippen LogP contribution < -0.4 is 10.0 Å². The summed E-state index contributed by atoms with van der Waals surface area (Å²) in [6, 6.07) is -0.951. The first kappa shape index (κ1) is 19.8. The Labute approximate surface area is 168 Å². The molecule has 0 aromatic carbocycles. The van der Waals surface area contributed by atoms with Crippen molar-refractivity contribution in [3.8, 4) is 0 Å². The van der Waals surface area contributed by atoms with E-state index in [1.807, 2.05) is 4.72 Å². The number of nitrogens with zero attached hydrogens (tertiary/aromatic N) is 1. The summed E-state index contributed by atoms with van der Waals surface area (Å²) in [6.07, 6.45) is 6.04. The van der Waals surface area contributed by atoms with Crippen molar-refractivity contribution in [1.82, 2.24) is 9.71 Å². The molecule has 2 aliphatic carbocycles. The number of pyridine rings is 1. The third-order valence-electron chi connectivity index (χ3n) is 5.45. The van der Waals surface area contributed by atoms with E-state index in [0.29, 0.717) is 5.69 Å². The Morgan fingerprint density at radius 1 is 1.17 bits per heavy atom. The van der Waals surface area contributed by atoms with Gasteiger partial charge in [-0.2, -0.15) is 0 Å². The fourth-order valence-electron chi connectivity index (χ4n) is 4.10. The SMILES string of the molecule is CC(C)(O)C1=COC(S(=O)(=O)NC(=O)Nc2c3c(nc4c2CCC4)CCC3)C1=O. The average molecular weight is 421 g/mol. The van der Waals surface area contributed by atoms with Crippen molar-refractivity contribution >= 4 is 27.5 Å². The number of carbonyl (C=O) groups excluding carboxylic acids is 2. The second kappa shape index (κ2) is 6.81. The summed E-state index contributed by atoms with van der Waals surface area (Å²) >= 11 is 0. The van der Waals surface area contributed by atoms with Gasteiger partial charge < -0.3 is 15.2 Å². The molecule has 29 heavy (non-hydrogen) atoms. The van der Waals surface area contributed by atoms with Gasteiger partial charge in [-0.25, -0.2) is 17.9 Å². The van der Waals surface area contributed by atoms with E-state index in [2.05, 4.69) is 5.32 Å². The minimum absolute atomic E-state index is 0.168. The number of anilines is 1. The molecule has 1 aromatic rings. The molecule has 9 nitrogen and oxygen atoms in total. The van der Waals surface area contributed by atoms with Gasteiger partial charge in [-0.15, -0.1) is 0 Å². The third kappa shape index (κ3) is 3.51. The van der Waals surface area contributed by atoms with E-state index in [4.69, 9.17) is 9.72 Å². The molecule has 156 valence electrons. The quantitative estimate of drug-likeness (QED) is 0.662. The Bertz CT molecular complexity index is 1010. The molecule has 3 aliphatic rings. The lowest BCUT2D eigenvalue weighted by molar-refractivity contribution is -0.119. The van der Waals surface area contributed by atoms with E-state index in [9.17, 15) is 23.1 Å². The molecule has 2 heterocycles. The second-order valence-corrected chi connectivity index (χ2v) is 9.79. The Morgan fingerprint density at radius 2 is 1.76 bits per heavy atom. The van der Waals surface area contributed by atoms with Gasteiger partial charge in [0.25, 0.3) is 15.5 Å². The number of aromatic nitrogens is 1. The zero-order valence-corrected chi connectivity index (χ0v) is 17.1. The summed E-state index contributed by atoms with van der Waals surface area (Å²) in [7, 11) is -4.46. The van der Waals surface area contributed by atoms with E-state index in [-0.39, 0.29) is 5.57 Å². The molecule has 0 saturated carbocycles. The molecule has 1 unspecified atom stereocenters. The number of aryl methyl sites for hydroxylation is 2. The first-order valence-electron chi connectivity index (χ1n) is 9.57. The van der Waals surface area contributed by atoms with E-state index in [1.165, 1.54) is 13.8 Å². The predicted molar refractivity (Wildman–Crippen MR) is 104 cm³/mol. The first-order chi connectivity index (χ1) is 13.6. The second-order valence-electron chi connectivity index (χ2n) is 8.07. The molecule has 1 atom stereocenters. The maximum absolute atomic E-state index is 12.5. The van der Waals surface area contributed by atoms with Crippen LogP contribution in [0, 0.1) is 0 Å². The highest BCUT2D eigenvalue weighted by Crippen LogP contribution is 2.36. The van der Waals surface area contributed by atoms with Gasteiger partial charge in [0.05, 0.1) is 23.1 Å². The lowest BCUT2D eigenvalue weighted by Crippen LogP contribution is -2.44. The molecule has 2 amide bonds. The highest BCUT2D eigenvalue weighted by molar-refractivity contribution is 7.91. The van der Waals surface area contributed by atoms with Crippen molar-refractivity contribution in [2.24, 2.45) is 0 Å². The normalized spacial score (nSPS) is 20.7. The van der Waals surface area contributed by atoms with Crippen LogP contribution in [0.4, 0.5) is 10.5 Å². The van der Waals surface area contributed by atoms with Crippen LogP contribution in [0.3, 0.4) is 0 Å². The summed E-state index contributed by atoms with van der Waals surface area (Å²) in [5.74, 6) is -0.900. The number of ether oxygens (including phenoxy) is 1. The van der Waals surface area contributed by atoms with Gasteiger partial charge in [0.1, 0.15) is 0 Å². The van der Waals surface area contributed by atoms with Crippen LogP contribution in [-0.4, -0.2) is 41.4 Å². The van der Waals surface area contributed by atoms with Gasteiger partial charge >= 0.3 is 6.03 Å². The maximum atomic E-state index is 12.5. The molecule has 10 heteroatoms. The standard InChI is InChI=1S/C19H23N3O6S/c1-19(2,25)12-9-28-17(16(12)23)29(26,27)22-18(24)21-15-10-5-3-7-13(10)20-14-8-4-6-11(14)15/h9,17,25H,3-8H2,1-2H3,(H2,20,21,22,24). The molecule has 0 radical (unpaired) electrons. The number of rotatable bonds is 4. The number of ketones is 1. The number of urea groups is 1. The minimum atomic E-state index is -4.46. The maximum Gasteiger partial charge on any atom is 0.332 e. The Kier molecular flexibility index (Phi) is 4.66. The number of hydrogen-bond acceptors (Lipinski definition) is 7. The van der Waals surface area contributed by atoms with Crippen LogP contribution in [0.2, 0.25) is 0 Å². The fraction of sp³-hybridized carbons (Fsp3) is 0.526. The molecule has 3 N–H and O–H groups in total. The van der Waals surface area contributed by atoms with Gasteiger partial charge in [-0.3, -0.25) is 9.78 Å². The number of nitrogens with one attached hydrogen (secondary N) is 2. The van der Waals surface area contributed by atoms with Crippen LogP contribution >= 0.6 is 0 Å². The number of carbonyl (C=O) groups is 2. The zero-order valence-electron chi connectivity index (χ0n) is 16.2. The summed E-state index contributed by atoms with van der Waals surface area (Å²) in [5.41, 5.74) is 0.828. The fourth-order valence-corrected chi connectivity index (χ4v) is 5.12. The van der Waals surface area contributed by atoms with Crippen molar-refractivity contribution in [2.45, 2.75) is 63.4 Å². The summed E-state index contributed by atoms with van der Waals surface area (Å²) in [6.45, 7) is 2.69. The highest BCUT2D eigenvalue weighted by atomic mass is 32.2. The number of Topliss-reactive ketones (excluding diaryl/α,β-unsaturated/α-hetero) is 1. The number of amides is 2. The average Bonchev–Trinajstić information content (AvgIpc) is 3.31.